The molecule has 1 aromatic heterocycles. The summed E-state index contributed by atoms with van der Waals surface area (Å²) >= 11 is 0. The summed E-state index contributed by atoms with van der Waals surface area (Å²) < 4.78 is 7.00. The molecule has 2 rings (SSSR count). The van der Waals surface area contributed by atoms with Crippen LogP contribution in [0.4, 0.5) is 0 Å². The fraction of sp³-hybridized carbons (Fsp3) is 0.733. The Bertz CT molecular complexity index is 439. The lowest BCUT2D eigenvalue weighted by Gasteiger charge is -2.22. The van der Waals surface area contributed by atoms with Gasteiger partial charge in [0.05, 0.1) is 24.9 Å². The Morgan fingerprint density at radius 3 is 2.67 bits per heavy atom. The first-order valence-corrected chi connectivity index (χ1v) is 7.69. The van der Waals surface area contributed by atoms with Crippen LogP contribution < -0.4 is 5.32 Å². The van der Waals surface area contributed by atoms with Crippen molar-refractivity contribution in [1.82, 2.24) is 20.0 Å². The second kappa shape index (κ2) is 8.14. The van der Waals surface area contributed by atoms with E-state index < -0.39 is 0 Å². The van der Waals surface area contributed by atoms with Crippen LogP contribution in [0.15, 0.2) is 12.3 Å². The molecule has 1 aromatic rings. The lowest BCUT2D eigenvalue weighted by molar-refractivity contribution is -0.123. The molecule has 1 aliphatic rings. The van der Waals surface area contributed by atoms with Gasteiger partial charge in [0.25, 0.3) is 0 Å². The van der Waals surface area contributed by atoms with Gasteiger partial charge in [-0.1, -0.05) is 12.8 Å². The number of ether oxygens (including phenoxy) is 1. The van der Waals surface area contributed by atoms with Gasteiger partial charge in [0.1, 0.15) is 0 Å². The van der Waals surface area contributed by atoms with E-state index in [0.29, 0.717) is 13.2 Å². The molecule has 1 amide bonds. The molecule has 1 aliphatic heterocycles. The highest BCUT2D eigenvalue weighted by atomic mass is 16.5. The molecular weight excluding hydrogens is 268 g/mol. The summed E-state index contributed by atoms with van der Waals surface area (Å²) in [5, 5.41) is 7.22. The van der Waals surface area contributed by atoms with E-state index in [1.165, 1.54) is 25.7 Å². The highest BCUT2D eigenvalue weighted by molar-refractivity contribution is 5.78. The molecule has 1 N–H and O–H groups in total. The number of hydrogen-bond donors (Lipinski definition) is 1. The molecule has 21 heavy (non-hydrogen) atoms. The minimum atomic E-state index is -0.151. The molecule has 0 radical (unpaired) electrons. The van der Waals surface area contributed by atoms with Gasteiger partial charge in [0, 0.05) is 20.4 Å². The number of rotatable bonds is 6. The predicted octanol–water partition coefficient (Wildman–Crippen LogP) is 1.10. The maximum atomic E-state index is 12.3. The molecule has 6 nitrogen and oxygen atoms in total. The molecule has 1 unspecified atom stereocenters. The molecule has 6 heteroatoms. The lowest BCUT2D eigenvalue weighted by atomic mass is 10.2. The van der Waals surface area contributed by atoms with Gasteiger partial charge < -0.3 is 10.1 Å². The van der Waals surface area contributed by atoms with E-state index in [1.807, 2.05) is 13.1 Å². The Hall–Kier alpha value is -1.40. The number of methoxy groups -OCH3 is 1. The van der Waals surface area contributed by atoms with E-state index in [4.69, 9.17) is 4.74 Å². The van der Waals surface area contributed by atoms with Gasteiger partial charge in [-0.25, -0.2) is 0 Å². The third kappa shape index (κ3) is 4.82. The van der Waals surface area contributed by atoms with Gasteiger partial charge in [-0.3, -0.25) is 14.4 Å². The van der Waals surface area contributed by atoms with Crippen molar-refractivity contribution in [2.24, 2.45) is 7.05 Å². The fourth-order valence-electron chi connectivity index (χ4n) is 2.83. The van der Waals surface area contributed by atoms with Gasteiger partial charge in [-0.05, 0) is 32.0 Å². The average molecular weight is 294 g/mol. The smallest absolute Gasteiger partial charge is 0.234 e. The largest absolute Gasteiger partial charge is 0.382 e. The van der Waals surface area contributed by atoms with Gasteiger partial charge in [-0.15, -0.1) is 0 Å². The van der Waals surface area contributed by atoms with Crippen LogP contribution in [0.25, 0.3) is 0 Å². The second-order valence-corrected chi connectivity index (χ2v) is 5.65. The molecule has 0 aromatic carbocycles. The quantitative estimate of drug-likeness (QED) is 0.853. The third-order valence-electron chi connectivity index (χ3n) is 3.95. The number of hydrogen-bond acceptors (Lipinski definition) is 4. The zero-order valence-electron chi connectivity index (χ0n) is 13.0. The number of nitrogens with one attached hydrogen (secondary N) is 1. The molecule has 0 saturated carbocycles. The number of aryl methyl sites for hydroxylation is 1. The highest BCUT2D eigenvalue weighted by Gasteiger charge is 2.19. The molecule has 118 valence electrons. The van der Waals surface area contributed by atoms with E-state index in [0.717, 1.165) is 18.8 Å². The van der Waals surface area contributed by atoms with Crippen molar-refractivity contribution in [2.45, 2.75) is 31.7 Å². The number of carbonyl (C=O) groups is 1. The van der Waals surface area contributed by atoms with Gasteiger partial charge in [-0.2, -0.15) is 5.10 Å². The molecule has 1 atom stereocenters. The summed E-state index contributed by atoms with van der Waals surface area (Å²) in [6, 6.07) is 1.76. The van der Waals surface area contributed by atoms with E-state index >= 15 is 0 Å². The molecule has 1 fully saturated rings. The van der Waals surface area contributed by atoms with Crippen LogP contribution in [0.1, 0.15) is 37.4 Å². The van der Waals surface area contributed by atoms with Gasteiger partial charge in [0.15, 0.2) is 0 Å². The van der Waals surface area contributed by atoms with Crippen molar-refractivity contribution in [3.05, 3.63) is 18.0 Å². The Balaban J connectivity index is 1.90. The Labute approximate surface area is 126 Å². The Morgan fingerprint density at radius 1 is 1.38 bits per heavy atom. The molecule has 0 bridgehead atoms. The number of amides is 1. The van der Waals surface area contributed by atoms with Crippen molar-refractivity contribution in [1.29, 1.82) is 0 Å². The van der Waals surface area contributed by atoms with Crippen molar-refractivity contribution in [3.63, 3.8) is 0 Å². The molecule has 0 aliphatic carbocycles. The van der Waals surface area contributed by atoms with E-state index in [-0.39, 0.29) is 11.9 Å². The van der Waals surface area contributed by atoms with Crippen molar-refractivity contribution in [3.8, 4) is 0 Å². The zero-order valence-corrected chi connectivity index (χ0v) is 13.0. The third-order valence-corrected chi connectivity index (χ3v) is 3.95. The molecular formula is C15H26N4O2. The summed E-state index contributed by atoms with van der Waals surface area (Å²) in [7, 11) is 3.52. The van der Waals surface area contributed by atoms with E-state index in [1.54, 1.807) is 18.0 Å². The van der Waals surface area contributed by atoms with Gasteiger partial charge >= 0.3 is 0 Å². The Morgan fingerprint density at radius 2 is 2.10 bits per heavy atom. The molecule has 1 saturated heterocycles. The maximum Gasteiger partial charge on any atom is 0.234 e. The van der Waals surface area contributed by atoms with Crippen LogP contribution in [-0.4, -0.2) is 53.9 Å². The average Bonchev–Trinajstić information content (AvgIpc) is 2.71. The van der Waals surface area contributed by atoms with Crippen LogP contribution in [0.2, 0.25) is 0 Å². The normalized spacial score (nSPS) is 18.2. The van der Waals surface area contributed by atoms with Crippen molar-refractivity contribution >= 4 is 5.91 Å². The SMILES string of the molecule is COCC(NC(=O)CN1CCCCCC1)c1ccnn1C. The van der Waals surface area contributed by atoms with E-state index in [2.05, 4.69) is 15.3 Å². The summed E-state index contributed by atoms with van der Waals surface area (Å²) in [5.74, 6) is 0.0557. The first kappa shape index (κ1) is 16.0. The van der Waals surface area contributed by atoms with Crippen molar-refractivity contribution < 1.29 is 9.53 Å². The first-order valence-electron chi connectivity index (χ1n) is 7.69. The minimum Gasteiger partial charge on any atom is -0.382 e. The maximum absolute atomic E-state index is 12.3. The summed E-state index contributed by atoms with van der Waals surface area (Å²) in [6.45, 7) is 2.96. The number of likely N-dealkylation sites (tertiary alicyclic amines) is 1. The van der Waals surface area contributed by atoms with Crippen LogP contribution in [0, 0.1) is 0 Å². The summed E-state index contributed by atoms with van der Waals surface area (Å²) in [6.07, 6.45) is 6.67. The van der Waals surface area contributed by atoms with E-state index in [9.17, 15) is 4.79 Å². The van der Waals surface area contributed by atoms with Crippen LogP contribution in [0.5, 0.6) is 0 Å². The van der Waals surface area contributed by atoms with Crippen LogP contribution in [-0.2, 0) is 16.6 Å². The summed E-state index contributed by atoms with van der Waals surface area (Å²) in [4.78, 5) is 14.5. The number of aromatic nitrogens is 2. The Kier molecular flexibility index (Phi) is 6.20. The molecule has 2 heterocycles. The highest BCUT2D eigenvalue weighted by Crippen LogP contribution is 2.13. The first-order chi connectivity index (χ1) is 10.2. The lowest BCUT2D eigenvalue weighted by Crippen LogP contribution is -2.40. The second-order valence-electron chi connectivity index (χ2n) is 5.65. The standard InChI is InChI=1S/C15H26N4O2/c1-18-14(7-8-16-18)13(12-21-2)17-15(20)11-19-9-5-3-4-6-10-19/h7-8,13H,3-6,9-12H2,1-2H3,(H,17,20). The predicted molar refractivity (Wildman–Crippen MR) is 80.9 cm³/mol. The number of nitrogens with zero attached hydrogens (tertiary/aromatic N) is 3. The topological polar surface area (TPSA) is 59.4 Å². The van der Waals surface area contributed by atoms with Crippen LogP contribution >= 0.6 is 0 Å². The number of carbonyl (C=O) groups excluding carboxylic acids is 1. The van der Waals surface area contributed by atoms with Crippen molar-refractivity contribution in [2.75, 3.05) is 33.4 Å². The fourth-order valence-corrected chi connectivity index (χ4v) is 2.83. The minimum absolute atomic E-state index is 0.0557. The monoisotopic (exact) mass is 294 g/mol. The summed E-state index contributed by atoms with van der Waals surface area (Å²) in [5.41, 5.74) is 0.959. The molecule has 0 spiro atoms. The zero-order chi connectivity index (χ0) is 15.1. The van der Waals surface area contributed by atoms with Crippen LogP contribution in [0.3, 0.4) is 0 Å². The van der Waals surface area contributed by atoms with Gasteiger partial charge in [0.2, 0.25) is 5.91 Å².